The van der Waals surface area contributed by atoms with E-state index in [0.717, 1.165) is 5.56 Å². The average Bonchev–Trinajstić information content (AvgIpc) is 3.33. The van der Waals surface area contributed by atoms with Crippen molar-refractivity contribution in [3.8, 4) is 5.75 Å². The van der Waals surface area contributed by atoms with E-state index in [1.807, 2.05) is 29.2 Å². The highest BCUT2D eigenvalue weighted by Crippen LogP contribution is 2.33. The predicted molar refractivity (Wildman–Crippen MR) is 132 cm³/mol. The van der Waals surface area contributed by atoms with Gasteiger partial charge >= 0.3 is 0 Å². The maximum absolute atomic E-state index is 14.0. The maximum Gasteiger partial charge on any atom is 0.264 e. The van der Waals surface area contributed by atoms with Gasteiger partial charge in [0.1, 0.15) is 11.6 Å². The van der Waals surface area contributed by atoms with E-state index in [1.54, 1.807) is 35.2 Å². The Morgan fingerprint density at radius 1 is 0.829 bits per heavy atom. The molecule has 35 heavy (non-hydrogen) atoms. The molecule has 3 aromatic carbocycles. The fourth-order valence-electron chi connectivity index (χ4n) is 4.53. The van der Waals surface area contributed by atoms with Crippen LogP contribution in [0.25, 0.3) is 0 Å². The van der Waals surface area contributed by atoms with Gasteiger partial charge in [0.2, 0.25) is 0 Å². The molecule has 0 spiro atoms. The molecule has 0 aliphatic carbocycles. The molecule has 7 nitrogen and oxygen atoms in total. The number of para-hydroxylation sites is 2. The van der Waals surface area contributed by atoms with Crippen molar-refractivity contribution in [2.75, 3.05) is 48.5 Å². The minimum absolute atomic E-state index is 0.148. The van der Waals surface area contributed by atoms with Crippen molar-refractivity contribution >= 4 is 27.3 Å². The van der Waals surface area contributed by atoms with Crippen LogP contribution in [0, 0.1) is 5.82 Å². The summed E-state index contributed by atoms with van der Waals surface area (Å²) in [7, 11) is -3.68. The van der Waals surface area contributed by atoms with Crippen molar-refractivity contribution in [1.29, 1.82) is 0 Å². The van der Waals surface area contributed by atoms with Crippen LogP contribution in [0.5, 0.6) is 5.75 Å². The van der Waals surface area contributed by atoms with Gasteiger partial charge in [-0.15, -0.1) is 0 Å². The van der Waals surface area contributed by atoms with E-state index >= 15 is 0 Å². The van der Waals surface area contributed by atoms with Crippen LogP contribution in [-0.2, 0) is 21.2 Å². The lowest BCUT2D eigenvalue weighted by molar-refractivity contribution is -0.133. The Kier molecular flexibility index (Phi) is 6.34. The van der Waals surface area contributed by atoms with E-state index < -0.39 is 10.0 Å². The smallest absolute Gasteiger partial charge is 0.264 e. The van der Waals surface area contributed by atoms with E-state index in [4.69, 9.17) is 4.74 Å². The van der Waals surface area contributed by atoms with Crippen molar-refractivity contribution in [1.82, 2.24) is 4.90 Å². The van der Waals surface area contributed by atoms with E-state index in [-0.39, 0.29) is 23.2 Å². The SMILES string of the molecule is O=C(COc1ccc(S(=O)(=O)N2CCc3ccccc32)cc1)N1CCN(c2ccccc2F)CC1. The number of halogens is 1. The molecule has 0 saturated carbocycles. The molecule has 182 valence electrons. The van der Waals surface area contributed by atoms with Crippen molar-refractivity contribution < 1.29 is 22.3 Å². The summed E-state index contributed by atoms with van der Waals surface area (Å²) in [5.41, 5.74) is 2.28. The van der Waals surface area contributed by atoms with E-state index in [9.17, 15) is 17.6 Å². The Bertz CT molecular complexity index is 1320. The summed E-state index contributed by atoms with van der Waals surface area (Å²) >= 11 is 0. The van der Waals surface area contributed by atoms with Crippen LogP contribution >= 0.6 is 0 Å². The molecule has 0 radical (unpaired) electrons. The highest BCUT2D eigenvalue weighted by molar-refractivity contribution is 7.92. The van der Waals surface area contributed by atoms with Gasteiger partial charge in [0.15, 0.2) is 6.61 Å². The van der Waals surface area contributed by atoms with Crippen molar-refractivity contribution in [3.05, 3.63) is 84.2 Å². The molecule has 0 atom stereocenters. The van der Waals surface area contributed by atoms with Gasteiger partial charge in [-0.25, -0.2) is 12.8 Å². The number of nitrogens with zero attached hydrogens (tertiary/aromatic N) is 3. The van der Waals surface area contributed by atoms with Crippen molar-refractivity contribution in [3.63, 3.8) is 0 Å². The zero-order valence-corrected chi connectivity index (χ0v) is 20.0. The number of piperazine rings is 1. The molecule has 1 amide bonds. The summed E-state index contributed by atoms with van der Waals surface area (Å²) in [4.78, 5) is 16.4. The van der Waals surface area contributed by atoms with Crippen LogP contribution in [-0.4, -0.2) is 58.6 Å². The minimum Gasteiger partial charge on any atom is -0.484 e. The summed E-state index contributed by atoms with van der Waals surface area (Å²) in [6.07, 6.45) is 0.688. The highest BCUT2D eigenvalue weighted by atomic mass is 32.2. The molecule has 1 saturated heterocycles. The molecule has 0 bridgehead atoms. The second-order valence-electron chi connectivity index (χ2n) is 8.54. The molecule has 0 aromatic heterocycles. The number of sulfonamides is 1. The molecule has 9 heteroatoms. The lowest BCUT2D eigenvalue weighted by Gasteiger charge is -2.36. The third-order valence-electron chi connectivity index (χ3n) is 6.44. The van der Waals surface area contributed by atoms with Gasteiger partial charge < -0.3 is 14.5 Å². The molecule has 2 aliphatic heterocycles. The Morgan fingerprint density at radius 3 is 2.20 bits per heavy atom. The van der Waals surface area contributed by atoms with Gasteiger partial charge in [0.05, 0.1) is 16.3 Å². The first-order valence-corrected chi connectivity index (χ1v) is 13.0. The third-order valence-corrected chi connectivity index (χ3v) is 8.27. The molecule has 0 unspecified atom stereocenters. The zero-order valence-electron chi connectivity index (χ0n) is 19.1. The lowest BCUT2D eigenvalue weighted by atomic mass is 10.2. The number of carbonyl (C=O) groups excluding carboxylic acids is 1. The number of hydrogen-bond acceptors (Lipinski definition) is 5. The predicted octanol–water partition coefficient (Wildman–Crippen LogP) is 3.30. The number of anilines is 2. The fraction of sp³-hybridized carbons (Fsp3) is 0.269. The van der Waals surface area contributed by atoms with Crippen LogP contribution in [0.2, 0.25) is 0 Å². The van der Waals surface area contributed by atoms with Crippen LogP contribution in [0.4, 0.5) is 15.8 Å². The summed E-state index contributed by atoms with van der Waals surface area (Å²) in [5.74, 6) is -0.0114. The Balaban J connectivity index is 1.16. The molecule has 5 rings (SSSR count). The minimum atomic E-state index is -3.68. The summed E-state index contributed by atoms with van der Waals surface area (Å²) in [5, 5.41) is 0. The van der Waals surface area contributed by atoms with Crippen LogP contribution in [0.1, 0.15) is 5.56 Å². The van der Waals surface area contributed by atoms with Crippen LogP contribution < -0.4 is 13.9 Å². The summed E-state index contributed by atoms with van der Waals surface area (Å²) in [6, 6.07) is 20.3. The molecule has 0 N–H and O–H groups in total. The first-order chi connectivity index (χ1) is 16.9. The monoisotopic (exact) mass is 495 g/mol. The third kappa shape index (κ3) is 4.68. The second-order valence-corrected chi connectivity index (χ2v) is 10.4. The van der Waals surface area contributed by atoms with Gasteiger partial charge in [0, 0.05) is 32.7 Å². The van der Waals surface area contributed by atoms with Crippen LogP contribution in [0.3, 0.4) is 0 Å². The first kappa shape index (κ1) is 23.2. The lowest BCUT2D eigenvalue weighted by Crippen LogP contribution is -2.50. The molecular weight excluding hydrogens is 469 g/mol. The van der Waals surface area contributed by atoms with Gasteiger partial charge in [0.25, 0.3) is 15.9 Å². The Hall–Kier alpha value is -3.59. The normalized spacial score (nSPS) is 15.7. The van der Waals surface area contributed by atoms with Crippen LogP contribution in [0.15, 0.2) is 77.7 Å². The van der Waals surface area contributed by atoms with Gasteiger partial charge in [-0.1, -0.05) is 30.3 Å². The first-order valence-electron chi connectivity index (χ1n) is 11.5. The van der Waals surface area contributed by atoms with E-state index in [1.165, 1.54) is 22.5 Å². The number of amides is 1. The van der Waals surface area contributed by atoms with E-state index in [0.29, 0.717) is 56.3 Å². The molecule has 1 fully saturated rings. The number of ether oxygens (including phenoxy) is 1. The molecule has 3 aromatic rings. The summed E-state index contributed by atoms with van der Waals surface area (Å²) in [6.45, 7) is 2.30. The number of hydrogen-bond donors (Lipinski definition) is 0. The molecule has 2 heterocycles. The molecular formula is C26H26FN3O4S. The second kappa shape index (κ2) is 9.58. The van der Waals surface area contributed by atoms with E-state index in [2.05, 4.69) is 0 Å². The van der Waals surface area contributed by atoms with Crippen molar-refractivity contribution in [2.45, 2.75) is 11.3 Å². The zero-order chi connectivity index (χ0) is 24.4. The quantitative estimate of drug-likeness (QED) is 0.525. The average molecular weight is 496 g/mol. The number of carbonyl (C=O) groups is 1. The number of fused-ring (bicyclic) bond motifs is 1. The number of rotatable bonds is 6. The fourth-order valence-corrected chi connectivity index (χ4v) is 6.04. The highest BCUT2D eigenvalue weighted by Gasteiger charge is 2.30. The maximum atomic E-state index is 14.0. The topological polar surface area (TPSA) is 70.2 Å². The largest absolute Gasteiger partial charge is 0.484 e. The Labute approximate surface area is 204 Å². The Morgan fingerprint density at radius 2 is 1.49 bits per heavy atom. The standard InChI is InChI=1S/C26H26FN3O4S/c27-23-6-2-4-8-25(23)28-15-17-29(18-16-28)26(31)19-34-21-9-11-22(12-10-21)35(32,33)30-14-13-20-5-1-3-7-24(20)30/h1-12H,13-19H2. The number of benzene rings is 3. The molecule has 2 aliphatic rings. The summed E-state index contributed by atoms with van der Waals surface area (Å²) < 4.78 is 47.3. The van der Waals surface area contributed by atoms with Gasteiger partial charge in [-0.2, -0.15) is 0 Å². The van der Waals surface area contributed by atoms with Gasteiger partial charge in [-0.3, -0.25) is 9.10 Å². The van der Waals surface area contributed by atoms with Gasteiger partial charge in [-0.05, 0) is 54.4 Å². The van der Waals surface area contributed by atoms with Crippen molar-refractivity contribution in [2.24, 2.45) is 0 Å².